The number of ether oxygens (including phenoxy) is 1. The van der Waals surface area contributed by atoms with Crippen molar-refractivity contribution in [1.29, 1.82) is 0 Å². The number of hydrogen-bond donors (Lipinski definition) is 1. The van der Waals surface area contributed by atoms with Gasteiger partial charge in [-0.2, -0.15) is 0 Å². The van der Waals surface area contributed by atoms with Gasteiger partial charge < -0.3 is 4.74 Å². The van der Waals surface area contributed by atoms with Crippen LogP contribution in [-0.4, -0.2) is 51.7 Å². The van der Waals surface area contributed by atoms with Gasteiger partial charge in [0.15, 0.2) is 5.11 Å². The number of carbonyl (C=O) groups excluding carboxylic acids is 4. The molecule has 8 nitrogen and oxygen atoms in total. The number of nitrogens with zero attached hydrogens (tertiary/aromatic N) is 2. The number of benzene rings is 2. The SMILES string of the molecule is CC[C@@H](C)N1C(=O)/C(=C\c2ccc(OC)c(CN3C(=O)c4ccccc4C3=O)c2)C(=O)NC1=S. The van der Waals surface area contributed by atoms with Crippen LogP contribution in [0.1, 0.15) is 52.1 Å². The molecule has 1 atom stereocenters. The molecule has 0 aromatic heterocycles. The van der Waals surface area contributed by atoms with E-state index in [0.29, 0.717) is 34.4 Å². The third-order valence-corrected chi connectivity index (χ3v) is 6.29. The van der Waals surface area contributed by atoms with Gasteiger partial charge in [0, 0.05) is 11.6 Å². The summed E-state index contributed by atoms with van der Waals surface area (Å²) in [6.45, 7) is 3.76. The number of fused-ring (bicyclic) bond motifs is 1. The van der Waals surface area contributed by atoms with Crippen molar-refractivity contribution in [3.63, 3.8) is 0 Å². The van der Waals surface area contributed by atoms with Crippen LogP contribution in [0.4, 0.5) is 0 Å². The highest BCUT2D eigenvalue weighted by Crippen LogP contribution is 2.29. The third-order valence-electron chi connectivity index (χ3n) is 5.99. The molecule has 1 saturated heterocycles. The van der Waals surface area contributed by atoms with Crippen LogP contribution < -0.4 is 10.1 Å². The number of nitrogens with one attached hydrogen (secondary N) is 1. The Bertz CT molecular complexity index is 1230. The molecule has 1 N–H and O–H groups in total. The van der Waals surface area contributed by atoms with Gasteiger partial charge in [-0.15, -0.1) is 0 Å². The lowest BCUT2D eigenvalue weighted by Crippen LogP contribution is -2.56. The van der Waals surface area contributed by atoms with Gasteiger partial charge in [-0.25, -0.2) is 0 Å². The van der Waals surface area contributed by atoms with Crippen LogP contribution in [0.5, 0.6) is 5.75 Å². The van der Waals surface area contributed by atoms with Crippen molar-refractivity contribution in [1.82, 2.24) is 15.1 Å². The first-order valence-corrected chi connectivity index (χ1v) is 11.2. The van der Waals surface area contributed by atoms with Crippen LogP contribution in [0.25, 0.3) is 6.08 Å². The summed E-state index contributed by atoms with van der Waals surface area (Å²) in [5, 5.41) is 2.66. The van der Waals surface area contributed by atoms with E-state index >= 15 is 0 Å². The molecule has 0 saturated carbocycles. The summed E-state index contributed by atoms with van der Waals surface area (Å²) in [4.78, 5) is 53.7. The minimum absolute atomic E-state index is 0.0181. The molecule has 2 aliphatic rings. The molecule has 2 aliphatic heterocycles. The molecule has 4 rings (SSSR count). The monoisotopic (exact) mass is 477 g/mol. The highest BCUT2D eigenvalue weighted by Gasteiger charge is 2.37. The quantitative estimate of drug-likeness (QED) is 0.298. The van der Waals surface area contributed by atoms with Crippen molar-refractivity contribution in [2.45, 2.75) is 32.9 Å². The molecule has 34 heavy (non-hydrogen) atoms. The average Bonchev–Trinajstić information content (AvgIpc) is 3.06. The maximum atomic E-state index is 13.0. The standard InChI is InChI=1S/C25H23N3O5S/c1-4-14(2)28-24(32)19(21(29)26-25(28)34)12-15-9-10-20(33-3)16(11-15)13-27-22(30)17-7-5-6-8-18(17)23(27)31/h5-12,14H,4,13H2,1-3H3,(H,26,29,34)/b19-12-/t14-/m1/s1. The van der Waals surface area contributed by atoms with Gasteiger partial charge in [-0.3, -0.25) is 34.3 Å². The van der Waals surface area contributed by atoms with Crippen LogP contribution in [-0.2, 0) is 16.1 Å². The van der Waals surface area contributed by atoms with E-state index in [4.69, 9.17) is 17.0 Å². The predicted octanol–water partition coefficient (Wildman–Crippen LogP) is 2.92. The van der Waals surface area contributed by atoms with Crippen LogP contribution in [0.2, 0.25) is 0 Å². The van der Waals surface area contributed by atoms with Crippen LogP contribution in [0, 0.1) is 0 Å². The van der Waals surface area contributed by atoms with Gasteiger partial charge in [-0.05, 0) is 61.5 Å². The van der Waals surface area contributed by atoms with E-state index in [0.717, 1.165) is 4.90 Å². The topological polar surface area (TPSA) is 96.0 Å². The lowest BCUT2D eigenvalue weighted by Gasteiger charge is -2.33. The van der Waals surface area contributed by atoms with Crippen molar-refractivity contribution >= 4 is 47.0 Å². The lowest BCUT2D eigenvalue weighted by atomic mass is 10.0. The molecule has 1 fully saturated rings. The highest BCUT2D eigenvalue weighted by molar-refractivity contribution is 7.80. The molecule has 0 spiro atoms. The average molecular weight is 478 g/mol. The van der Waals surface area contributed by atoms with Gasteiger partial charge in [0.2, 0.25) is 0 Å². The van der Waals surface area contributed by atoms with E-state index < -0.39 is 11.8 Å². The Hall–Kier alpha value is -3.85. The molecule has 2 aromatic rings. The molecule has 2 aromatic carbocycles. The van der Waals surface area contributed by atoms with E-state index in [1.807, 2.05) is 13.8 Å². The number of carbonyl (C=O) groups is 4. The molecule has 0 unspecified atom stereocenters. The largest absolute Gasteiger partial charge is 0.496 e. The van der Waals surface area contributed by atoms with Crippen LogP contribution in [0.15, 0.2) is 48.0 Å². The fourth-order valence-electron chi connectivity index (χ4n) is 3.99. The highest BCUT2D eigenvalue weighted by atomic mass is 32.1. The van der Waals surface area contributed by atoms with E-state index in [1.165, 1.54) is 18.1 Å². The van der Waals surface area contributed by atoms with Gasteiger partial charge in [0.25, 0.3) is 23.6 Å². The first-order valence-electron chi connectivity index (χ1n) is 10.8. The number of amides is 4. The van der Waals surface area contributed by atoms with E-state index in [-0.39, 0.29) is 35.1 Å². The van der Waals surface area contributed by atoms with Gasteiger partial charge >= 0.3 is 0 Å². The fourth-order valence-corrected chi connectivity index (χ4v) is 4.34. The van der Waals surface area contributed by atoms with Crippen molar-refractivity contribution in [2.24, 2.45) is 0 Å². The van der Waals surface area contributed by atoms with Crippen LogP contribution >= 0.6 is 12.2 Å². The first-order chi connectivity index (χ1) is 16.3. The third kappa shape index (κ3) is 3.99. The molecule has 0 aliphatic carbocycles. The van der Waals surface area contributed by atoms with Gasteiger partial charge in [-0.1, -0.05) is 25.1 Å². The van der Waals surface area contributed by atoms with Crippen LogP contribution in [0.3, 0.4) is 0 Å². The number of thiocarbonyl (C=S) groups is 1. The Balaban J connectivity index is 1.67. The molecule has 174 valence electrons. The Labute approximate surface area is 202 Å². The second kappa shape index (κ2) is 9.18. The first kappa shape index (κ1) is 23.3. The smallest absolute Gasteiger partial charge is 0.265 e. The number of imide groups is 1. The van der Waals surface area contributed by atoms with E-state index in [2.05, 4.69) is 5.32 Å². The van der Waals surface area contributed by atoms with Crippen molar-refractivity contribution in [3.8, 4) is 5.75 Å². The Morgan fingerprint density at radius 2 is 1.68 bits per heavy atom. The minimum Gasteiger partial charge on any atom is -0.496 e. The molecule has 9 heteroatoms. The van der Waals surface area contributed by atoms with Crippen molar-refractivity contribution in [3.05, 3.63) is 70.3 Å². The second-order valence-corrected chi connectivity index (χ2v) is 8.45. The normalized spacial score (nSPS) is 17.9. The lowest BCUT2D eigenvalue weighted by molar-refractivity contribution is -0.130. The van der Waals surface area contributed by atoms with Gasteiger partial charge in [0.1, 0.15) is 11.3 Å². The van der Waals surface area contributed by atoms with Gasteiger partial charge in [0.05, 0.1) is 24.8 Å². The maximum absolute atomic E-state index is 13.0. The molecule has 0 radical (unpaired) electrons. The Morgan fingerprint density at radius 1 is 1.03 bits per heavy atom. The summed E-state index contributed by atoms with van der Waals surface area (Å²) in [7, 11) is 1.49. The summed E-state index contributed by atoms with van der Waals surface area (Å²) in [6.07, 6.45) is 2.14. The molecule has 0 bridgehead atoms. The van der Waals surface area contributed by atoms with Crippen molar-refractivity contribution in [2.75, 3.05) is 7.11 Å². The molecule has 2 heterocycles. The zero-order chi connectivity index (χ0) is 24.6. The Morgan fingerprint density at radius 3 is 2.26 bits per heavy atom. The Kier molecular flexibility index (Phi) is 6.30. The number of rotatable bonds is 6. The fraction of sp³-hybridized carbons (Fsp3) is 0.240. The second-order valence-electron chi connectivity index (χ2n) is 8.06. The van der Waals surface area contributed by atoms with E-state index in [9.17, 15) is 19.2 Å². The predicted molar refractivity (Wildman–Crippen MR) is 129 cm³/mol. The molecular formula is C25H23N3O5S. The summed E-state index contributed by atoms with van der Waals surface area (Å²) >= 11 is 5.19. The number of methoxy groups -OCH3 is 1. The summed E-state index contributed by atoms with van der Waals surface area (Å²) < 4.78 is 5.43. The van der Waals surface area contributed by atoms with E-state index in [1.54, 1.807) is 42.5 Å². The summed E-state index contributed by atoms with van der Waals surface area (Å²) in [5.74, 6) is -1.34. The number of hydrogen-bond acceptors (Lipinski definition) is 6. The molecular weight excluding hydrogens is 454 g/mol. The summed E-state index contributed by atoms with van der Waals surface area (Å²) in [6, 6.07) is 11.5. The zero-order valence-corrected chi connectivity index (χ0v) is 19.8. The zero-order valence-electron chi connectivity index (χ0n) is 19.0. The van der Waals surface area contributed by atoms with Crippen molar-refractivity contribution < 1.29 is 23.9 Å². The molecule has 4 amide bonds. The maximum Gasteiger partial charge on any atom is 0.265 e. The minimum atomic E-state index is -0.577. The summed E-state index contributed by atoms with van der Waals surface area (Å²) in [5.41, 5.74) is 1.77.